The molecule has 7 heteroatoms. The molecule has 1 heterocycles. The second kappa shape index (κ2) is 8.31. The number of carbonyl (C=O) groups is 1. The third kappa shape index (κ3) is 4.37. The number of aliphatic hydroxyl groups excluding tert-OH is 1. The van der Waals surface area contributed by atoms with Gasteiger partial charge < -0.3 is 15.0 Å². The van der Waals surface area contributed by atoms with E-state index in [4.69, 9.17) is 0 Å². The molecule has 0 saturated heterocycles. The number of fused-ring (bicyclic) bond motifs is 1. The van der Waals surface area contributed by atoms with Gasteiger partial charge in [0.2, 0.25) is 5.91 Å². The first-order valence-electron chi connectivity index (χ1n) is 8.17. The number of likely N-dealkylation sites (N-methyl/N-ethyl adjacent to an activating group) is 1. The van der Waals surface area contributed by atoms with Gasteiger partial charge >= 0.3 is 0 Å². The second-order valence-corrected chi connectivity index (χ2v) is 5.94. The van der Waals surface area contributed by atoms with Gasteiger partial charge in [0.05, 0.1) is 24.1 Å². The van der Waals surface area contributed by atoms with Gasteiger partial charge in [0.25, 0.3) is 0 Å². The molecule has 2 aromatic rings. The third-order valence-corrected chi connectivity index (χ3v) is 3.82. The van der Waals surface area contributed by atoms with Gasteiger partial charge in [-0.25, -0.2) is 4.98 Å². The summed E-state index contributed by atoms with van der Waals surface area (Å²) in [6.45, 7) is 2.84. The van der Waals surface area contributed by atoms with Crippen molar-refractivity contribution in [1.29, 1.82) is 5.26 Å². The Morgan fingerprint density at radius 3 is 2.76 bits per heavy atom. The summed E-state index contributed by atoms with van der Waals surface area (Å²) < 4.78 is 1.78. The van der Waals surface area contributed by atoms with Gasteiger partial charge in [0.15, 0.2) is 5.82 Å². The lowest BCUT2D eigenvalue weighted by atomic mass is 10.2. The number of nitrogens with zero attached hydrogens (tertiary/aromatic N) is 4. The van der Waals surface area contributed by atoms with Crippen LogP contribution in [0.25, 0.3) is 16.6 Å². The highest BCUT2D eigenvalue weighted by atomic mass is 16.3. The summed E-state index contributed by atoms with van der Waals surface area (Å²) in [4.78, 5) is 17.8. The fourth-order valence-corrected chi connectivity index (χ4v) is 2.57. The van der Waals surface area contributed by atoms with Crippen molar-refractivity contribution in [3.05, 3.63) is 35.8 Å². The van der Waals surface area contributed by atoms with E-state index in [2.05, 4.69) is 10.3 Å². The molecular formula is C18H23N5O2. The van der Waals surface area contributed by atoms with Crippen LogP contribution in [0.5, 0.6) is 0 Å². The molecule has 1 aromatic carbocycles. The summed E-state index contributed by atoms with van der Waals surface area (Å²) in [5, 5.41) is 22.7. The quantitative estimate of drug-likeness (QED) is 0.592. The van der Waals surface area contributed by atoms with Gasteiger partial charge in [-0.15, -0.1) is 0 Å². The van der Waals surface area contributed by atoms with Gasteiger partial charge in [-0.2, -0.15) is 5.26 Å². The number of nitrogens with one attached hydrogen (secondary N) is 1. The molecule has 0 aliphatic rings. The van der Waals surface area contributed by atoms with Crippen LogP contribution in [0.4, 0.5) is 0 Å². The zero-order valence-corrected chi connectivity index (χ0v) is 14.8. The fraction of sp³-hybridized carbons (Fsp3) is 0.389. The van der Waals surface area contributed by atoms with E-state index in [-0.39, 0.29) is 30.3 Å². The Balaban J connectivity index is 2.20. The largest absolute Gasteiger partial charge is 0.509 e. The van der Waals surface area contributed by atoms with Crippen LogP contribution in [0.1, 0.15) is 19.2 Å². The van der Waals surface area contributed by atoms with Crippen LogP contribution in [-0.2, 0) is 11.8 Å². The number of aliphatic hydroxyl groups is 1. The molecule has 132 valence electrons. The number of hydrogen-bond donors (Lipinski definition) is 2. The molecule has 0 radical (unpaired) electrons. The Kier molecular flexibility index (Phi) is 6.14. The molecule has 7 nitrogen and oxygen atoms in total. The standard InChI is InChI=1S/C18H23N5O2/c1-4-9-20-17(25)12-22(2)11-16(24)13(10-19)18-21-14-7-5-6-8-15(14)23(18)3/h5-8,24H,4,9,11-12H2,1-3H3,(H,20,25)/b16-13-. The predicted molar refractivity (Wildman–Crippen MR) is 96.7 cm³/mol. The summed E-state index contributed by atoms with van der Waals surface area (Å²) in [7, 11) is 3.52. The van der Waals surface area contributed by atoms with Crippen LogP contribution in [0.15, 0.2) is 30.0 Å². The summed E-state index contributed by atoms with van der Waals surface area (Å²) in [5.74, 6) is 0.190. The van der Waals surface area contributed by atoms with E-state index in [1.54, 1.807) is 23.6 Å². The topological polar surface area (TPSA) is 94.2 Å². The van der Waals surface area contributed by atoms with Gasteiger partial charge in [0, 0.05) is 13.6 Å². The number of rotatable bonds is 7. The van der Waals surface area contributed by atoms with Crippen molar-refractivity contribution in [3.8, 4) is 6.07 Å². The summed E-state index contributed by atoms with van der Waals surface area (Å²) >= 11 is 0. The molecule has 1 aromatic heterocycles. The summed E-state index contributed by atoms with van der Waals surface area (Å²) in [5.41, 5.74) is 1.75. The minimum absolute atomic E-state index is 0.0889. The van der Waals surface area contributed by atoms with Crippen molar-refractivity contribution >= 4 is 22.5 Å². The lowest BCUT2D eigenvalue weighted by Crippen LogP contribution is -2.36. The first-order valence-corrected chi connectivity index (χ1v) is 8.17. The number of aryl methyl sites for hydroxylation is 1. The van der Waals surface area contributed by atoms with E-state index >= 15 is 0 Å². The lowest BCUT2D eigenvalue weighted by Gasteiger charge is -2.16. The Bertz CT molecular complexity index is 832. The van der Waals surface area contributed by atoms with Crippen molar-refractivity contribution < 1.29 is 9.90 Å². The smallest absolute Gasteiger partial charge is 0.234 e. The maximum absolute atomic E-state index is 11.7. The van der Waals surface area contributed by atoms with E-state index < -0.39 is 0 Å². The highest BCUT2D eigenvalue weighted by molar-refractivity contribution is 5.84. The number of imidazole rings is 1. The van der Waals surface area contributed by atoms with E-state index in [0.29, 0.717) is 12.4 Å². The number of carbonyl (C=O) groups excluding carboxylic acids is 1. The Morgan fingerprint density at radius 1 is 1.40 bits per heavy atom. The normalized spacial score (nSPS) is 12.1. The number of amides is 1. The molecule has 0 fully saturated rings. The Hall–Kier alpha value is -2.85. The molecule has 1 amide bonds. The maximum atomic E-state index is 11.7. The number of allylic oxidation sites excluding steroid dienone is 1. The Morgan fingerprint density at radius 2 is 2.12 bits per heavy atom. The van der Waals surface area contributed by atoms with E-state index in [1.807, 2.05) is 37.3 Å². The zero-order valence-electron chi connectivity index (χ0n) is 14.8. The number of nitriles is 1. The molecular weight excluding hydrogens is 318 g/mol. The van der Waals surface area contributed by atoms with Crippen LogP contribution >= 0.6 is 0 Å². The predicted octanol–water partition coefficient (Wildman–Crippen LogP) is 1.82. The number of para-hydroxylation sites is 2. The molecule has 0 unspecified atom stereocenters. The molecule has 0 aliphatic carbocycles. The lowest BCUT2D eigenvalue weighted by molar-refractivity contribution is -0.121. The van der Waals surface area contributed by atoms with E-state index in [9.17, 15) is 15.2 Å². The molecule has 2 rings (SSSR count). The van der Waals surface area contributed by atoms with Crippen LogP contribution in [0.3, 0.4) is 0 Å². The summed E-state index contributed by atoms with van der Waals surface area (Å²) in [6.07, 6.45) is 0.867. The van der Waals surface area contributed by atoms with Crippen LogP contribution in [0, 0.1) is 11.3 Å². The number of hydrogen-bond acceptors (Lipinski definition) is 5. The first-order chi connectivity index (χ1) is 12.0. The highest BCUT2D eigenvalue weighted by Gasteiger charge is 2.18. The Labute approximate surface area is 147 Å². The minimum atomic E-state index is -0.113. The first kappa shape index (κ1) is 18.5. The third-order valence-electron chi connectivity index (χ3n) is 3.82. The van der Waals surface area contributed by atoms with E-state index in [1.165, 1.54) is 0 Å². The molecule has 0 bridgehead atoms. The average molecular weight is 341 g/mol. The van der Waals surface area contributed by atoms with Crippen molar-refractivity contribution in [1.82, 2.24) is 19.8 Å². The van der Waals surface area contributed by atoms with Gasteiger partial charge in [-0.3, -0.25) is 9.69 Å². The van der Waals surface area contributed by atoms with Gasteiger partial charge in [-0.1, -0.05) is 19.1 Å². The number of benzene rings is 1. The molecule has 0 atom stereocenters. The molecule has 25 heavy (non-hydrogen) atoms. The highest BCUT2D eigenvalue weighted by Crippen LogP contribution is 2.21. The molecule has 0 saturated carbocycles. The SMILES string of the molecule is CCCNC(=O)CN(C)C/C(O)=C(\C#N)c1nc2ccccc2n1C. The van der Waals surface area contributed by atoms with Crippen LogP contribution in [-0.4, -0.2) is 52.1 Å². The summed E-state index contributed by atoms with van der Waals surface area (Å²) in [6, 6.07) is 9.56. The van der Waals surface area contributed by atoms with Gasteiger partial charge in [-0.05, 0) is 25.6 Å². The molecule has 0 aliphatic heterocycles. The molecule has 2 N–H and O–H groups in total. The monoisotopic (exact) mass is 341 g/mol. The number of aromatic nitrogens is 2. The average Bonchev–Trinajstić information content (AvgIpc) is 2.90. The second-order valence-electron chi connectivity index (χ2n) is 5.94. The van der Waals surface area contributed by atoms with E-state index in [0.717, 1.165) is 17.5 Å². The van der Waals surface area contributed by atoms with Crippen molar-refractivity contribution in [2.45, 2.75) is 13.3 Å². The van der Waals surface area contributed by atoms with Crippen LogP contribution < -0.4 is 5.32 Å². The van der Waals surface area contributed by atoms with Gasteiger partial charge in [0.1, 0.15) is 17.4 Å². The fourth-order valence-electron chi connectivity index (χ4n) is 2.57. The zero-order chi connectivity index (χ0) is 18.4. The minimum Gasteiger partial charge on any atom is -0.509 e. The molecule has 0 spiro atoms. The maximum Gasteiger partial charge on any atom is 0.234 e. The van der Waals surface area contributed by atoms with Crippen molar-refractivity contribution in [2.75, 3.05) is 26.7 Å². The van der Waals surface area contributed by atoms with Crippen LogP contribution in [0.2, 0.25) is 0 Å². The van der Waals surface area contributed by atoms with Crippen molar-refractivity contribution in [2.24, 2.45) is 7.05 Å². The van der Waals surface area contributed by atoms with Crippen molar-refractivity contribution in [3.63, 3.8) is 0 Å².